The first-order valence-corrected chi connectivity index (χ1v) is 4.08. The lowest BCUT2D eigenvalue weighted by Gasteiger charge is -2.08. The molecular weight excluding hydrogens is 175 g/mol. The second-order valence-electron chi connectivity index (χ2n) is 3.11. The lowest BCUT2D eigenvalue weighted by molar-refractivity contribution is -0.143. The topological polar surface area (TPSA) is 55.1 Å². The molecule has 1 aromatic heterocycles. The smallest absolute Gasteiger partial charge is 0.339 e. The Labute approximate surface area is 74.0 Å². The van der Waals surface area contributed by atoms with E-state index < -0.39 is 18.1 Å². The molecule has 2 rings (SSSR count). The normalized spacial score (nSPS) is 22.7. The van der Waals surface area contributed by atoms with Gasteiger partial charge in [-0.15, -0.1) is 0 Å². The molecule has 2 atom stereocenters. The molecule has 5 heteroatoms. The summed E-state index contributed by atoms with van der Waals surface area (Å²) in [6.07, 6.45) is 2.00. The van der Waals surface area contributed by atoms with Crippen LogP contribution >= 0.6 is 0 Å². The molecule has 1 aliphatic rings. The van der Waals surface area contributed by atoms with E-state index in [0.29, 0.717) is 18.8 Å². The molecule has 0 aromatic carbocycles. The second-order valence-corrected chi connectivity index (χ2v) is 3.11. The quantitative estimate of drug-likeness (QED) is 0.739. The Bertz CT molecular complexity index is 337. The Morgan fingerprint density at radius 2 is 2.62 bits per heavy atom. The lowest BCUT2D eigenvalue weighted by atomic mass is 10.0. The number of imidazole rings is 1. The van der Waals surface area contributed by atoms with E-state index in [9.17, 15) is 9.18 Å². The number of hydrogen-bond acceptors (Lipinski definition) is 2. The molecule has 0 saturated carbocycles. The minimum absolute atomic E-state index is 0.524. The number of halogens is 1. The van der Waals surface area contributed by atoms with Crippen LogP contribution in [0.2, 0.25) is 0 Å². The fourth-order valence-corrected chi connectivity index (χ4v) is 1.70. The summed E-state index contributed by atoms with van der Waals surface area (Å²) in [4.78, 5) is 14.3. The van der Waals surface area contributed by atoms with Crippen LogP contribution in [0.15, 0.2) is 12.4 Å². The predicted octanol–water partition coefficient (Wildman–Crippen LogP) is 0.793. The molecule has 2 heterocycles. The first-order chi connectivity index (χ1) is 6.20. The maximum Gasteiger partial charge on any atom is 0.339 e. The van der Waals surface area contributed by atoms with Gasteiger partial charge in [-0.1, -0.05) is 0 Å². The first kappa shape index (κ1) is 8.22. The third-order valence-electron chi connectivity index (χ3n) is 2.35. The predicted molar refractivity (Wildman–Crippen MR) is 42.1 cm³/mol. The molecule has 0 radical (unpaired) electrons. The zero-order valence-corrected chi connectivity index (χ0v) is 6.85. The number of aryl methyl sites for hydroxylation is 1. The van der Waals surface area contributed by atoms with Crippen LogP contribution in [0.25, 0.3) is 0 Å². The summed E-state index contributed by atoms with van der Waals surface area (Å²) in [6, 6.07) is 0. The van der Waals surface area contributed by atoms with Crippen molar-refractivity contribution in [3.63, 3.8) is 0 Å². The Morgan fingerprint density at radius 3 is 3.31 bits per heavy atom. The van der Waals surface area contributed by atoms with Gasteiger partial charge in [-0.2, -0.15) is 0 Å². The Balaban J connectivity index is 2.25. The molecule has 1 aliphatic heterocycles. The average molecular weight is 184 g/mol. The number of carboxylic acid groups (broad SMARTS) is 1. The lowest BCUT2D eigenvalue weighted by Crippen LogP contribution is -2.22. The number of aliphatic carboxylic acids is 1. The number of carbonyl (C=O) groups is 1. The largest absolute Gasteiger partial charge is 0.479 e. The maximum absolute atomic E-state index is 13.1. The third kappa shape index (κ3) is 1.20. The molecule has 0 spiro atoms. The molecule has 0 bridgehead atoms. The van der Waals surface area contributed by atoms with E-state index >= 15 is 0 Å². The van der Waals surface area contributed by atoms with Gasteiger partial charge in [0.1, 0.15) is 5.82 Å². The Hall–Kier alpha value is -1.39. The summed E-state index contributed by atoms with van der Waals surface area (Å²) in [5.41, 5.74) is 0. The van der Waals surface area contributed by atoms with Gasteiger partial charge in [0.05, 0.1) is 5.92 Å². The fourth-order valence-electron chi connectivity index (χ4n) is 1.70. The van der Waals surface area contributed by atoms with Crippen LogP contribution in [0.1, 0.15) is 18.2 Å². The van der Waals surface area contributed by atoms with Crippen molar-refractivity contribution in [3.8, 4) is 0 Å². The fraction of sp³-hybridized carbons (Fsp3) is 0.500. The van der Waals surface area contributed by atoms with Crippen LogP contribution in [0.3, 0.4) is 0 Å². The van der Waals surface area contributed by atoms with Gasteiger partial charge in [0, 0.05) is 18.9 Å². The Morgan fingerprint density at radius 1 is 1.85 bits per heavy atom. The van der Waals surface area contributed by atoms with Crippen LogP contribution in [-0.2, 0) is 11.3 Å². The number of carboxylic acids is 1. The molecule has 2 unspecified atom stereocenters. The van der Waals surface area contributed by atoms with E-state index in [-0.39, 0.29) is 0 Å². The van der Waals surface area contributed by atoms with E-state index in [4.69, 9.17) is 5.11 Å². The van der Waals surface area contributed by atoms with E-state index in [1.807, 2.05) is 0 Å². The molecule has 0 amide bonds. The molecule has 0 aliphatic carbocycles. The van der Waals surface area contributed by atoms with Gasteiger partial charge in [0.25, 0.3) is 0 Å². The molecule has 0 saturated heterocycles. The molecule has 70 valence electrons. The van der Waals surface area contributed by atoms with E-state index in [0.717, 1.165) is 0 Å². The number of alkyl halides is 1. The van der Waals surface area contributed by atoms with Crippen LogP contribution in [-0.4, -0.2) is 26.8 Å². The molecule has 4 nitrogen and oxygen atoms in total. The van der Waals surface area contributed by atoms with Crippen molar-refractivity contribution < 1.29 is 14.3 Å². The highest BCUT2D eigenvalue weighted by Crippen LogP contribution is 2.30. The summed E-state index contributed by atoms with van der Waals surface area (Å²) in [5.74, 6) is -1.43. The minimum atomic E-state index is -1.83. The highest BCUT2D eigenvalue weighted by molar-refractivity contribution is 5.73. The number of hydrogen-bond donors (Lipinski definition) is 1. The van der Waals surface area contributed by atoms with Crippen molar-refractivity contribution in [3.05, 3.63) is 18.2 Å². The van der Waals surface area contributed by atoms with Gasteiger partial charge in [-0.25, -0.2) is 14.2 Å². The number of fused-ring (bicyclic) bond motifs is 1. The summed E-state index contributed by atoms with van der Waals surface area (Å²) in [7, 11) is 0. The number of aromatic nitrogens is 2. The van der Waals surface area contributed by atoms with Crippen molar-refractivity contribution in [2.24, 2.45) is 0 Å². The van der Waals surface area contributed by atoms with Gasteiger partial charge in [0.2, 0.25) is 6.17 Å². The maximum atomic E-state index is 13.1. The van der Waals surface area contributed by atoms with Crippen LogP contribution < -0.4 is 0 Å². The van der Waals surface area contributed by atoms with Gasteiger partial charge in [-0.3, -0.25) is 0 Å². The number of nitrogens with zero attached hydrogens (tertiary/aromatic N) is 2. The van der Waals surface area contributed by atoms with Crippen molar-refractivity contribution in [1.82, 2.24) is 9.55 Å². The van der Waals surface area contributed by atoms with Gasteiger partial charge >= 0.3 is 5.97 Å². The van der Waals surface area contributed by atoms with E-state index in [1.54, 1.807) is 17.0 Å². The van der Waals surface area contributed by atoms with Gasteiger partial charge in [-0.05, 0) is 6.42 Å². The summed E-state index contributed by atoms with van der Waals surface area (Å²) in [5, 5.41) is 8.49. The van der Waals surface area contributed by atoms with Crippen molar-refractivity contribution in [1.29, 1.82) is 0 Å². The van der Waals surface area contributed by atoms with Crippen LogP contribution in [0.5, 0.6) is 0 Å². The molecule has 0 fully saturated rings. The van der Waals surface area contributed by atoms with Crippen molar-refractivity contribution in [2.45, 2.75) is 25.1 Å². The molecule has 13 heavy (non-hydrogen) atoms. The highest BCUT2D eigenvalue weighted by atomic mass is 19.1. The zero-order chi connectivity index (χ0) is 9.42. The van der Waals surface area contributed by atoms with Crippen LogP contribution in [0.4, 0.5) is 4.39 Å². The SMILES string of the molecule is O=C(O)C(F)C1CCn2ccnc21. The highest BCUT2D eigenvalue weighted by Gasteiger charge is 2.35. The average Bonchev–Trinajstić information content (AvgIpc) is 2.61. The standard InChI is InChI=1S/C8H9FN2O2/c9-6(8(12)13)5-1-3-11-4-2-10-7(5)11/h2,4-6H,1,3H2,(H,12,13). The van der Waals surface area contributed by atoms with Crippen molar-refractivity contribution >= 4 is 5.97 Å². The first-order valence-electron chi connectivity index (χ1n) is 4.08. The summed E-state index contributed by atoms with van der Waals surface area (Å²) in [6.45, 7) is 0.660. The summed E-state index contributed by atoms with van der Waals surface area (Å²) < 4.78 is 14.9. The monoisotopic (exact) mass is 184 g/mol. The van der Waals surface area contributed by atoms with Gasteiger partial charge in [0.15, 0.2) is 0 Å². The van der Waals surface area contributed by atoms with Crippen molar-refractivity contribution in [2.75, 3.05) is 0 Å². The van der Waals surface area contributed by atoms with E-state index in [1.165, 1.54) is 0 Å². The Kier molecular flexibility index (Phi) is 1.79. The summed E-state index contributed by atoms with van der Waals surface area (Å²) >= 11 is 0. The zero-order valence-electron chi connectivity index (χ0n) is 6.85. The number of rotatable bonds is 2. The van der Waals surface area contributed by atoms with E-state index in [2.05, 4.69) is 4.98 Å². The third-order valence-corrected chi connectivity index (χ3v) is 2.35. The second kappa shape index (κ2) is 2.83. The minimum Gasteiger partial charge on any atom is -0.479 e. The van der Waals surface area contributed by atoms with Gasteiger partial charge < -0.3 is 9.67 Å². The van der Waals surface area contributed by atoms with Crippen LogP contribution in [0, 0.1) is 0 Å². The molecular formula is C8H9FN2O2. The molecule has 1 N–H and O–H groups in total. The molecule has 1 aromatic rings.